The van der Waals surface area contributed by atoms with E-state index in [1.54, 1.807) is 0 Å². The lowest BCUT2D eigenvalue weighted by atomic mass is 9.88. The van der Waals surface area contributed by atoms with Gasteiger partial charge in [0.05, 0.1) is 6.04 Å². The number of hydrogen-bond donors (Lipinski definition) is 2. The Morgan fingerprint density at radius 3 is 2.86 bits per heavy atom. The van der Waals surface area contributed by atoms with E-state index in [1.165, 1.54) is 11.1 Å². The van der Waals surface area contributed by atoms with Crippen LogP contribution in [0.1, 0.15) is 35.6 Å². The summed E-state index contributed by atoms with van der Waals surface area (Å²) in [5.74, 6) is 0. The van der Waals surface area contributed by atoms with Crippen molar-refractivity contribution in [2.45, 2.75) is 32.2 Å². The van der Waals surface area contributed by atoms with E-state index in [0.717, 1.165) is 30.5 Å². The second-order valence-electron chi connectivity index (χ2n) is 5.61. The van der Waals surface area contributed by atoms with E-state index in [9.17, 15) is 4.79 Å². The summed E-state index contributed by atoms with van der Waals surface area (Å²) in [4.78, 5) is 12.2. The van der Waals surface area contributed by atoms with Crippen LogP contribution in [0.25, 0.3) is 0 Å². The molecule has 3 heteroatoms. The van der Waals surface area contributed by atoms with Crippen LogP contribution in [0, 0.1) is 6.92 Å². The smallest absolute Gasteiger partial charge is 0.319 e. The van der Waals surface area contributed by atoms with E-state index in [0.29, 0.717) is 0 Å². The predicted molar refractivity (Wildman–Crippen MR) is 85.5 cm³/mol. The summed E-state index contributed by atoms with van der Waals surface area (Å²) in [5.41, 5.74) is 4.57. The van der Waals surface area contributed by atoms with Gasteiger partial charge in [0.1, 0.15) is 0 Å². The lowest BCUT2D eigenvalue weighted by Gasteiger charge is -2.26. The standard InChI is InChI=1S/C18H20N2O/c1-13-6-4-9-15(12-13)19-18(21)20-17-11-5-8-14-7-2-3-10-16(14)17/h2-4,6-7,9-10,12,17H,5,8,11H2,1H3,(H2,19,20,21)/t17-/m0/s1. The molecule has 0 unspecified atom stereocenters. The highest BCUT2D eigenvalue weighted by Gasteiger charge is 2.21. The molecule has 0 fully saturated rings. The minimum atomic E-state index is -0.137. The molecule has 108 valence electrons. The van der Waals surface area contributed by atoms with Crippen LogP contribution < -0.4 is 10.6 Å². The van der Waals surface area contributed by atoms with Gasteiger partial charge in [-0.2, -0.15) is 0 Å². The molecule has 3 nitrogen and oxygen atoms in total. The van der Waals surface area contributed by atoms with E-state index >= 15 is 0 Å². The van der Waals surface area contributed by atoms with Gasteiger partial charge >= 0.3 is 6.03 Å². The van der Waals surface area contributed by atoms with Gasteiger partial charge in [0, 0.05) is 5.69 Å². The van der Waals surface area contributed by atoms with Crippen LogP contribution in [0.4, 0.5) is 10.5 Å². The molecular formula is C18H20N2O. The number of aryl methyl sites for hydroxylation is 2. The van der Waals surface area contributed by atoms with Crippen molar-refractivity contribution < 1.29 is 4.79 Å². The number of amides is 2. The Hall–Kier alpha value is -2.29. The summed E-state index contributed by atoms with van der Waals surface area (Å²) in [5, 5.41) is 6.00. The lowest BCUT2D eigenvalue weighted by molar-refractivity contribution is 0.247. The number of carbonyl (C=O) groups is 1. The molecule has 0 aromatic heterocycles. The van der Waals surface area contributed by atoms with Crippen molar-refractivity contribution in [3.63, 3.8) is 0 Å². The van der Waals surface area contributed by atoms with Crippen molar-refractivity contribution in [3.05, 3.63) is 65.2 Å². The molecule has 0 saturated heterocycles. The van der Waals surface area contributed by atoms with Gasteiger partial charge in [0.25, 0.3) is 0 Å². The molecule has 0 saturated carbocycles. The zero-order chi connectivity index (χ0) is 14.7. The quantitative estimate of drug-likeness (QED) is 0.850. The molecule has 0 heterocycles. The summed E-state index contributed by atoms with van der Waals surface area (Å²) in [6, 6.07) is 16.2. The number of carbonyl (C=O) groups excluding carboxylic acids is 1. The maximum Gasteiger partial charge on any atom is 0.319 e. The van der Waals surface area contributed by atoms with Crippen molar-refractivity contribution in [2.24, 2.45) is 0 Å². The van der Waals surface area contributed by atoms with Crippen LogP contribution in [-0.2, 0) is 6.42 Å². The van der Waals surface area contributed by atoms with E-state index in [4.69, 9.17) is 0 Å². The predicted octanol–water partition coefficient (Wildman–Crippen LogP) is 4.19. The van der Waals surface area contributed by atoms with Crippen molar-refractivity contribution in [1.82, 2.24) is 5.32 Å². The normalized spacial score (nSPS) is 16.9. The van der Waals surface area contributed by atoms with Gasteiger partial charge in [-0.05, 0) is 55.0 Å². The molecule has 0 spiro atoms. The van der Waals surface area contributed by atoms with Gasteiger partial charge in [0.15, 0.2) is 0 Å². The molecule has 1 aliphatic rings. The van der Waals surface area contributed by atoms with Crippen LogP contribution in [-0.4, -0.2) is 6.03 Å². The number of hydrogen-bond acceptors (Lipinski definition) is 1. The first kappa shape index (κ1) is 13.7. The van der Waals surface area contributed by atoms with Crippen molar-refractivity contribution in [1.29, 1.82) is 0 Å². The lowest BCUT2D eigenvalue weighted by Crippen LogP contribution is -2.34. The van der Waals surface area contributed by atoms with Crippen LogP contribution in [0.3, 0.4) is 0 Å². The first-order chi connectivity index (χ1) is 10.2. The van der Waals surface area contributed by atoms with Crippen LogP contribution >= 0.6 is 0 Å². The highest BCUT2D eigenvalue weighted by atomic mass is 16.2. The third-order valence-corrected chi connectivity index (χ3v) is 3.95. The van der Waals surface area contributed by atoms with Crippen molar-refractivity contribution in [2.75, 3.05) is 5.32 Å². The highest BCUT2D eigenvalue weighted by Crippen LogP contribution is 2.29. The molecule has 0 bridgehead atoms. The first-order valence-corrected chi connectivity index (χ1v) is 7.44. The number of benzene rings is 2. The Balaban J connectivity index is 1.68. The fraction of sp³-hybridized carbons (Fsp3) is 0.278. The second-order valence-corrected chi connectivity index (χ2v) is 5.61. The van der Waals surface area contributed by atoms with Crippen LogP contribution in [0.5, 0.6) is 0 Å². The maximum absolute atomic E-state index is 12.2. The summed E-state index contributed by atoms with van der Waals surface area (Å²) < 4.78 is 0. The van der Waals surface area contributed by atoms with Gasteiger partial charge < -0.3 is 10.6 Å². The SMILES string of the molecule is Cc1cccc(NC(=O)N[C@H]2CCCc3ccccc32)c1. The van der Waals surface area contributed by atoms with E-state index in [1.807, 2.05) is 37.3 Å². The minimum absolute atomic E-state index is 0.111. The number of rotatable bonds is 2. The zero-order valence-electron chi connectivity index (χ0n) is 12.2. The molecule has 2 amide bonds. The van der Waals surface area contributed by atoms with Crippen LogP contribution in [0.2, 0.25) is 0 Å². The molecule has 2 N–H and O–H groups in total. The summed E-state index contributed by atoms with van der Waals surface area (Å²) in [6.07, 6.45) is 3.22. The zero-order valence-corrected chi connectivity index (χ0v) is 12.2. The highest BCUT2D eigenvalue weighted by molar-refractivity contribution is 5.89. The molecule has 2 aromatic carbocycles. The van der Waals surface area contributed by atoms with Gasteiger partial charge in [-0.3, -0.25) is 0 Å². The largest absolute Gasteiger partial charge is 0.331 e. The van der Waals surface area contributed by atoms with Gasteiger partial charge in [-0.1, -0.05) is 36.4 Å². The average molecular weight is 280 g/mol. The third-order valence-electron chi connectivity index (χ3n) is 3.95. The molecule has 2 aromatic rings. The number of anilines is 1. The van der Waals surface area contributed by atoms with E-state index < -0.39 is 0 Å². The Kier molecular flexibility index (Phi) is 3.91. The second kappa shape index (κ2) is 6.00. The number of fused-ring (bicyclic) bond motifs is 1. The Bertz CT molecular complexity index is 651. The maximum atomic E-state index is 12.2. The number of urea groups is 1. The molecule has 0 aliphatic heterocycles. The summed E-state index contributed by atoms with van der Waals surface area (Å²) in [6.45, 7) is 2.01. The van der Waals surface area contributed by atoms with Gasteiger partial charge in [-0.15, -0.1) is 0 Å². The Morgan fingerprint density at radius 2 is 2.00 bits per heavy atom. The van der Waals surface area contributed by atoms with E-state index in [2.05, 4.69) is 28.8 Å². The molecular weight excluding hydrogens is 260 g/mol. The van der Waals surface area contributed by atoms with Gasteiger partial charge in [0.2, 0.25) is 0 Å². The Morgan fingerprint density at radius 1 is 1.14 bits per heavy atom. The van der Waals surface area contributed by atoms with Crippen LogP contribution in [0.15, 0.2) is 48.5 Å². The average Bonchev–Trinajstić information content (AvgIpc) is 2.47. The summed E-state index contributed by atoms with van der Waals surface area (Å²) >= 11 is 0. The monoisotopic (exact) mass is 280 g/mol. The summed E-state index contributed by atoms with van der Waals surface area (Å²) in [7, 11) is 0. The minimum Gasteiger partial charge on any atom is -0.331 e. The topological polar surface area (TPSA) is 41.1 Å². The van der Waals surface area contributed by atoms with E-state index in [-0.39, 0.29) is 12.1 Å². The molecule has 1 atom stereocenters. The Labute approximate surface area is 125 Å². The fourth-order valence-electron chi connectivity index (χ4n) is 2.95. The van der Waals surface area contributed by atoms with Crippen molar-refractivity contribution >= 4 is 11.7 Å². The molecule has 21 heavy (non-hydrogen) atoms. The first-order valence-electron chi connectivity index (χ1n) is 7.44. The molecule has 3 rings (SSSR count). The molecule has 0 radical (unpaired) electrons. The fourth-order valence-corrected chi connectivity index (χ4v) is 2.95. The molecule has 1 aliphatic carbocycles. The van der Waals surface area contributed by atoms with Gasteiger partial charge in [-0.25, -0.2) is 4.79 Å². The van der Waals surface area contributed by atoms with Crippen molar-refractivity contribution in [3.8, 4) is 0 Å². The number of nitrogens with one attached hydrogen (secondary N) is 2. The third kappa shape index (κ3) is 3.24.